The van der Waals surface area contributed by atoms with Crippen molar-refractivity contribution in [1.82, 2.24) is 10.3 Å². The SMILES string of the molecule is CC(C)N1CCC(=NNC(=O)C2CC2)C1. The van der Waals surface area contributed by atoms with Gasteiger partial charge in [0.05, 0.1) is 5.71 Å². The first-order chi connectivity index (χ1) is 7.16. The summed E-state index contributed by atoms with van der Waals surface area (Å²) in [4.78, 5) is 13.7. The standard InChI is InChI=1S/C11H19N3O/c1-8(2)14-6-5-10(7-14)12-13-11(15)9-3-4-9/h8-9H,3-7H2,1-2H3,(H,13,15). The lowest BCUT2D eigenvalue weighted by molar-refractivity contribution is -0.122. The fraction of sp³-hybridized carbons (Fsp3) is 0.818. The highest BCUT2D eigenvalue weighted by Crippen LogP contribution is 2.28. The molecular formula is C11H19N3O. The van der Waals surface area contributed by atoms with E-state index < -0.39 is 0 Å². The molecule has 15 heavy (non-hydrogen) atoms. The average Bonchev–Trinajstić information content (AvgIpc) is 2.93. The Hall–Kier alpha value is -0.900. The van der Waals surface area contributed by atoms with E-state index in [1.54, 1.807) is 0 Å². The molecule has 0 atom stereocenters. The third kappa shape index (κ3) is 2.78. The van der Waals surface area contributed by atoms with Gasteiger partial charge in [-0.25, -0.2) is 5.43 Å². The lowest BCUT2D eigenvalue weighted by Gasteiger charge is -2.18. The second kappa shape index (κ2) is 4.31. The average molecular weight is 209 g/mol. The van der Waals surface area contributed by atoms with Crippen molar-refractivity contribution in [1.29, 1.82) is 0 Å². The lowest BCUT2D eigenvalue weighted by atomic mass is 10.3. The molecule has 4 nitrogen and oxygen atoms in total. The van der Waals surface area contributed by atoms with Crippen LogP contribution in [-0.4, -0.2) is 35.7 Å². The largest absolute Gasteiger partial charge is 0.295 e. The third-order valence-corrected chi connectivity index (χ3v) is 3.08. The van der Waals surface area contributed by atoms with Gasteiger partial charge in [-0.3, -0.25) is 9.69 Å². The van der Waals surface area contributed by atoms with E-state index in [0.29, 0.717) is 6.04 Å². The number of hydrogen-bond donors (Lipinski definition) is 1. The van der Waals surface area contributed by atoms with Gasteiger partial charge in [-0.05, 0) is 26.7 Å². The number of rotatable bonds is 3. The van der Waals surface area contributed by atoms with Crippen molar-refractivity contribution in [3.8, 4) is 0 Å². The highest BCUT2D eigenvalue weighted by Gasteiger charge is 2.29. The van der Waals surface area contributed by atoms with E-state index in [2.05, 4.69) is 29.3 Å². The van der Waals surface area contributed by atoms with Crippen molar-refractivity contribution in [2.75, 3.05) is 13.1 Å². The Morgan fingerprint density at radius 1 is 1.53 bits per heavy atom. The number of carbonyl (C=O) groups is 1. The van der Waals surface area contributed by atoms with Crippen LogP contribution in [0.25, 0.3) is 0 Å². The topological polar surface area (TPSA) is 44.7 Å². The zero-order chi connectivity index (χ0) is 10.8. The first-order valence-electron chi connectivity index (χ1n) is 5.76. The van der Waals surface area contributed by atoms with E-state index in [4.69, 9.17) is 0 Å². The maximum Gasteiger partial charge on any atom is 0.243 e. The van der Waals surface area contributed by atoms with Gasteiger partial charge in [0.1, 0.15) is 0 Å². The van der Waals surface area contributed by atoms with Gasteiger partial charge in [-0.15, -0.1) is 0 Å². The van der Waals surface area contributed by atoms with E-state index in [1.165, 1.54) is 0 Å². The molecule has 1 aliphatic heterocycles. The highest BCUT2D eigenvalue weighted by atomic mass is 16.2. The van der Waals surface area contributed by atoms with Gasteiger partial charge < -0.3 is 0 Å². The zero-order valence-electron chi connectivity index (χ0n) is 9.49. The summed E-state index contributed by atoms with van der Waals surface area (Å²) in [5.41, 5.74) is 3.78. The molecule has 2 fully saturated rings. The van der Waals surface area contributed by atoms with E-state index in [-0.39, 0.29) is 11.8 Å². The van der Waals surface area contributed by atoms with Gasteiger partial charge in [0.25, 0.3) is 0 Å². The molecule has 0 spiro atoms. The van der Waals surface area contributed by atoms with Crippen LogP contribution in [-0.2, 0) is 4.79 Å². The van der Waals surface area contributed by atoms with Crippen molar-refractivity contribution in [2.24, 2.45) is 11.0 Å². The van der Waals surface area contributed by atoms with E-state index in [1.807, 2.05) is 0 Å². The molecule has 0 unspecified atom stereocenters. The maximum atomic E-state index is 11.3. The predicted octanol–water partition coefficient (Wildman–Crippen LogP) is 0.983. The van der Waals surface area contributed by atoms with Crippen LogP contribution in [0.1, 0.15) is 33.1 Å². The Morgan fingerprint density at radius 2 is 2.27 bits per heavy atom. The van der Waals surface area contributed by atoms with Crippen molar-refractivity contribution >= 4 is 11.6 Å². The van der Waals surface area contributed by atoms with Gasteiger partial charge >= 0.3 is 0 Å². The molecular weight excluding hydrogens is 190 g/mol. The number of hydrazone groups is 1. The Morgan fingerprint density at radius 3 is 2.80 bits per heavy atom. The number of carbonyl (C=O) groups excluding carboxylic acids is 1. The Labute approximate surface area is 90.7 Å². The molecule has 0 aromatic rings. The van der Waals surface area contributed by atoms with E-state index >= 15 is 0 Å². The van der Waals surface area contributed by atoms with Crippen LogP contribution in [0.15, 0.2) is 5.10 Å². The first kappa shape index (κ1) is 10.6. The molecule has 1 saturated carbocycles. The third-order valence-electron chi connectivity index (χ3n) is 3.08. The summed E-state index contributed by atoms with van der Waals surface area (Å²) < 4.78 is 0. The molecule has 0 aromatic heterocycles. The van der Waals surface area contributed by atoms with Crippen LogP contribution in [0.3, 0.4) is 0 Å². The molecule has 0 aromatic carbocycles. The van der Waals surface area contributed by atoms with E-state index in [0.717, 1.165) is 38.1 Å². The quantitative estimate of drug-likeness (QED) is 0.704. The van der Waals surface area contributed by atoms with E-state index in [9.17, 15) is 4.79 Å². The minimum Gasteiger partial charge on any atom is -0.295 e. The molecule has 1 N–H and O–H groups in total. The summed E-state index contributed by atoms with van der Waals surface area (Å²) in [7, 11) is 0. The summed E-state index contributed by atoms with van der Waals surface area (Å²) >= 11 is 0. The normalized spacial score (nSPS) is 25.1. The molecule has 1 aliphatic carbocycles. The Balaban J connectivity index is 1.79. The number of amides is 1. The maximum absolute atomic E-state index is 11.3. The molecule has 0 bridgehead atoms. The van der Waals surface area contributed by atoms with Gasteiger partial charge in [0.15, 0.2) is 0 Å². The summed E-state index contributed by atoms with van der Waals surface area (Å²) in [6, 6.07) is 0.567. The van der Waals surface area contributed by atoms with Crippen molar-refractivity contribution in [3.05, 3.63) is 0 Å². The zero-order valence-corrected chi connectivity index (χ0v) is 9.49. The number of likely N-dealkylation sites (tertiary alicyclic amines) is 1. The molecule has 4 heteroatoms. The number of nitrogens with one attached hydrogen (secondary N) is 1. The van der Waals surface area contributed by atoms with Crippen molar-refractivity contribution < 1.29 is 4.79 Å². The molecule has 84 valence electrons. The van der Waals surface area contributed by atoms with Crippen LogP contribution < -0.4 is 5.43 Å². The minimum absolute atomic E-state index is 0.102. The molecule has 2 rings (SSSR count). The lowest BCUT2D eigenvalue weighted by Crippen LogP contribution is -2.29. The summed E-state index contributed by atoms with van der Waals surface area (Å²) in [6.45, 7) is 6.34. The van der Waals surface area contributed by atoms with Crippen LogP contribution in [0, 0.1) is 5.92 Å². The smallest absolute Gasteiger partial charge is 0.243 e. The molecule has 0 radical (unpaired) electrons. The van der Waals surface area contributed by atoms with Crippen molar-refractivity contribution in [3.63, 3.8) is 0 Å². The van der Waals surface area contributed by atoms with Gasteiger partial charge in [-0.2, -0.15) is 5.10 Å². The fourth-order valence-electron chi connectivity index (χ4n) is 1.77. The second-order valence-electron chi connectivity index (χ2n) is 4.74. The van der Waals surface area contributed by atoms with Crippen LogP contribution in [0.5, 0.6) is 0 Å². The molecule has 1 amide bonds. The predicted molar refractivity (Wildman–Crippen MR) is 59.6 cm³/mol. The number of hydrogen-bond acceptors (Lipinski definition) is 3. The van der Waals surface area contributed by atoms with Crippen LogP contribution in [0.4, 0.5) is 0 Å². The molecule has 2 aliphatic rings. The monoisotopic (exact) mass is 209 g/mol. The van der Waals surface area contributed by atoms with Crippen molar-refractivity contribution in [2.45, 2.75) is 39.2 Å². The summed E-state index contributed by atoms with van der Waals surface area (Å²) in [5, 5.41) is 4.19. The minimum atomic E-state index is 0.102. The summed E-state index contributed by atoms with van der Waals surface area (Å²) in [5.74, 6) is 0.349. The van der Waals surface area contributed by atoms with Gasteiger partial charge in [0.2, 0.25) is 5.91 Å². The Kier molecular flexibility index (Phi) is 3.05. The Bertz CT molecular complexity index is 282. The molecule has 1 saturated heterocycles. The summed E-state index contributed by atoms with van der Waals surface area (Å²) in [6.07, 6.45) is 3.06. The van der Waals surface area contributed by atoms with Gasteiger partial charge in [0, 0.05) is 31.5 Å². The second-order valence-corrected chi connectivity index (χ2v) is 4.74. The first-order valence-corrected chi connectivity index (χ1v) is 5.76. The number of nitrogens with zero attached hydrogens (tertiary/aromatic N) is 2. The fourth-order valence-corrected chi connectivity index (χ4v) is 1.77. The molecule has 1 heterocycles. The van der Waals surface area contributed by atoms with Crippen LogP contribution in [0.2, 0.25) is 0 Å². The highest BCUT2D eigenvalue weighted by molar-refractivity contribution is 5.90. The van der Waals surface area contributed by atoms with Crippen LogP contribution >= 0.6 is 0 Å². The van der Waals surface area contributed by atoms with Gasteiger partial charge in [-0.1, -0.05) is 0 Å².